The van der Waals surface area contributed by atoms with Gasteiger partial charge < -0.3 is 5.73 Å². The van der Waals surface area contributed by atoms with E-state index >= 15 is 0 Å². The average Bonchev–Trinajstić information content (AvgIpc) is 2.44. The normalized spacial score (nSPS) is 15.8. The minimum Gasteiger partial charge on any atom is -0.322 e. The fourth-order valence-electron chi connectivity index (χ4n) is 1.14. The third-order valence-electron chi connectivity index (χ3n) is 2.59. The summed E-state index contributed by atoms with van der Waals surface area (Å²) in [7, 11) is 0. The van der Waals surface area contributed by atoms with Crippen LogP contribution in [0, 0.1) is 19.8 Å². The van der Waals surface area contributed by atoms with Crippen molar-refractivity contribution in [1.82, 2.24) is 4.98 Å². The lowest BCUT2D eigenvalue weighted by molar-refractivity contribution is 0.455. The third-order valence-corrected chi connectivity index (χ3v) is 3.76. The maximum Gasteiger partial charge on any atom is 0.110 e. The first-order valence-electron chi connectivity index (χ1n) is 4.75. The van der Waals surface area contributed by atoms with Crippen LogP contribution in [0.2, 0.25) is 0 Å². The standard InChI is InChI=1S/C10H18N2S/c1-5-6(2)9(11)10-12-7(3)8(4)13-10/h6,9H,5,11H2,1-4H3. The molecule has 2 unspecified atom stereocenters. The quantitative estimate of drug-likeness (QED) is 0.811. The second-order valence-electron chi connectivity index (χ2n) is 3.61. The molecule has 0 aliphatic rings. The maximum absolute atomic E-state index is 6.08. The highest BCUT2D eigenvalue weighted by atomic mass is 32.1. The van der Waals surface area contributed by atoms with E-state index in [2.05, 4.69) is 25.8 Å². The predicted molar refractivity (Wildman–Crippen MR) is 58.0 cm³/mol. The monoisotopic (exact) mass is 198 g/mol. The van der Waals surface area contributed by atoms with Crippen LogP contribution in [0.1, 0.15) is 41.9 Å². The van der Waals surface area contributed by atoms with Gasteiger partial charge in [0.2, 0.25) is 0 Å². The highest BCUT2D eigenvalue weighted by molar-refractivity contribution is 7.11. The lowest BCUT2D eigenvalue weighted by Gasteiger charge is -2.14. The van der Waals surface area contributed by atoms with Gasteiger partial charge in [-0.15, -0.1) is 11.3 Å². The zero-order valence-electron chi connectivity index (χ0n) is 8.79. The summed E-state index contributed by atoms with van der Waals surface area (Å²) < 4.78 is 0. The van der Waals surface area contributed by atoms with Gasteiger partial charge in [-0.2, -0.15) is 0 Å². The van der Waals surface area contributed by atoms with Crippen LogP contribution in [0.15, 0.2) is 0 Å². The van der Waals surface area contributed by atoms with E-state index in [1.807, 2.05) is 6.92 Å². The molecule has 0 aromatic carbocycles. The predicted octanol–water partition coefficient (Wildman–Crippen LogP) is 2.81. The number of aromatic nitrogens is 1. The van der Waals surface area contributed by atoms with Gasteiger partial charge in [0.1, 0.15) is 5.01 Å². The van der Waals surface area contributed by atoms with Crippen molar-refractivity contribution < 1.29 is 0 Å². The topological polar surface area (TPSA) is 38.9 Å². The fraction of sp³-hybridized carbons (Fsp3) is 0.700. The van der Waals surface area contributed by atoms with Crippen LogP contribution in [0.5, 0.6) is 0 Å². The molecule has 3 heteroatoms. The maximum atomic E-state index is 6.08. The molecule has 1 heterocycles. The molecular formula is C10H18N2S. The van der Waals surface area contributed by atoms with E-state index in [0.717, 1.165) is 17.1 Å². The van der Waals surface area contributed by atoms with Gasteiger partial charge in [0, 0.05) is 4.88 Å². The van der Waals surface area contributed by atoms with Crippen molar-refractivity contribution in [3.63, 3.8) is 0 Å². The number of rotatable bonds is 3. The zero-order valence-corrected chi connectivity index (χ0v) is 9.61. The molecule has 0 fully saturated rings. The van der Waals surface area contributed by atoms with Gasteiger partial charge in [-0.3, -0.25) is 0 Å². The first kappa shape index (κ1) is 10.7. The molecule has 0 amide bonds. The third kappa shape index (κ3) is 2.29. The number of nitrogens with two attached hydrogens (primary N) is 1. The summed E-state index contributed by atoms with van der Waals surface area (Å²) >= 11 is 1.73. The zero-order chi connectivity index (χ0) is 10.0. The second-order valence-corrected chi connectivity index (χ2v) is 4.84. The fourth-order valence-corrected chi connectivity index (χ4v) is 2.20. The van der Waals surface area contributed by atoms with E-state index in [-0.39, 0.29) is 6.04 Å². The summed E-state index contributed by atoms with van der Waals surface area (Å²) in [6, 6.07) is 0.113. The number of hydrogen-bond donors (Lipinski definition) is 1. The van der Waals surface area contributed by atoms with Crippen molar-refractivity contribution in [2.45, 2.75) is 40.2 Å². The molecule has 0 spiro atoms. The van der Waals surface area contributed by atoms with Crippen LogP contribution in [0.4, 0.5) is 0 Å². The van der Waals surface area contributed by atoms with E-state index < -0.39 is 0 Å². The Balaban J connectivity index is 2.82. The molecule has 74 valence electrons. The molecule has 2 N–H and O–H groups in total. The minimum absolute atomic E-state index is 0.113. The van der Waals surface area contributed by atoms with Gasteiger partial charge in [0.15, 0.2) is 0 Å². The van der Waals surface area contributed by atoms with Crippen molar-refractivity contribution in [1.29, 1.82) is 0 Å². The summed E-state index contributed by atoms with van der Waals surface area (Å²) in [6.07, 6.45) is 1.11. The molecule has 0 radical (unpaired) electrons. The van der Waals surface area contributed by atoms with Gasteiger partial charge in [-0.1, -0.05) is 20.3 Å². The Bertz CT molecular complexity index is 261. The average molecular weight is 198 g/mol. The van der Waals surface area contributed by atoms with Gasteiger partial charge in [-0.25, -0.2) is 4.98 Å². The largest absolute Gasteiger partial charge is 0.322 e. The van der Waals surface area contributed by atoms with Gasteiger partial charge in [0.25, 0.3) is 0 Å². The van der Waals surface area contributed by atoms with Crippen molar-refractivity contribution in [3.8, 4) is 0 Å². The Morgan fingerprint density at radius 1 is 1.46 bits per heavy atom. The Morgan fingerprint density at radius 3 is 2.46 bits per heavy atom. The van der Waals surface area contributed by atoms with Crippen molar-refractivity contribution in [2.24, 2.45) is 11.7 Å². The number of nitrogens with zero attached hydrogens (tertiary/aromatic N) is 1. The van der Waals surface area contributed by atoms with Crippen LogP contribution in [-0.2, 0) is 0 Å². The lowest BCUT2D eigenvalue weighted by Crippen LogP contribution is -2.18. The van der Waals surface area contributed by atoms with Crippen LogP contribution >= 0.6 is 11.3 Å². The molecule has 0 aliphatic heterocycles. The Labute approximate surface area is 84.2 Å². The second kappa shape index (κ2) is 4.20. The van der Waals surface area contributed by atoms with Crippen molar-refractivity contribution in [3.05, 3.63) is 15.6 Å². The summed E-state index contributed by atoms with van der Waals surface area (Å²) in [6.45, 7) is 8.48. The van der Waals surface area contributed by atoms with E-state index in [9.17, 15) is 0 Å². The summed E-state index contributed by atoms with van der Waals surface area (Å²) in [5, 5.41) is 1.09. The number of hydrogen-bond acceptors (Lipinski definition) is 3. The van der Waals surface area contributed by atoms with Gasteiger partial charge in [0.05, 0.1) is 11.7 Å². The van der Waals surface area contributed by atoms with Crippen molar-refractivity contribution >= 4 is 11.3 Å². The SMILES string of the molecule is CCC(C)C(N)c1nc(C)c(C)s1. The van der Waals surface area contributed by atoms with E-state index in [1.54, 1.807) is 11.3 Å². The summed E-state index contributed by atoms with van der Waals surface area (Å²) in [4.78, 5) is 5.76. The minimum atomic E-state index is 0.113. The lowest BCUT2D eigenvalue weighted by atomic mass is 10.0. The molecule has 1 aromatic rings. The first-order chi connectivity index (χ1) is 6.06. The molecule has 1 rings (SSSR count). The van der Waals surface area contributed by atoms with E-state index in [4.69, 9.17) is 5.73 Å². The molecule has 0 bridgehead atoms. The van der Waals surface area contributed by atoms with Crippen LogP contribution in [0.25, 0.3) is 0 Å². The summed E-state index contributed by atoms with van der Waals surface area (Å²) in [5.74, 6) is 0.518. The first-order valence-corrected chi connectivity index (χ1v) is 5.57. The van der Waals surface area contributed by atoms with Crippen LogP contribution < -0.4 is 5.73 Å². The molecular weight excluding hydrogens is 180 g/mol. The molecule has 2 atom stereocenters. The highest BCUT2D eigenvalue weighted by Crippen LogP contribution is 2.27. The van der Waals surface area contributed by atoms with Crippen LogP contribution in [0.3, 0.4) is 0 Å². The van der Waals surface area contributed by atoms with Crippen molar-refractivity contribution in [2.75, 3.05) is 0 Å². The van der Waals surface area contributed by atoms with Gasteiger partial charge >= 0.3 is 0 Å². The Kier molecular flexibility index (Phi) is 3.45. The molecule has 0 aliphatic carbocycles. The van der Waals surface area contributed by atoms with E-state index in [0.29, 0.717) is 5.92 Å². The molecule has 0 saturated heterocycles. The molecule has 0 saturated carbocycles. The Morgan fingerprint density at radius 2 is 2.08 bits per heavy atom. The molecule has 13 heavy (non-hydrogen) atoms. The number of thiazole rings is 1. The molecule has 2 nitrogen and oxygen atoms in total. The van der Waals surface area contributed by atoms with E-state index in [1.165, 1.54) is 4.88 Å². The smallest absolute Gasteiger partial charge is 0.110 e. The Hall–Kier alpha value is -0.410. The highest BCUT2D eigenvalue weighted by Gasteiger charge is 2.17. The molecule has 1 aromatic heterocycles. The van der Waals surface area contributed by atoms with Gasteiger partial charge in [-0.05, 0) is 19.8 Å². The number of aryl methyl sites for hydroxylation is 2. The summed E-state index contributed by atoms with van der Waals surface area (Å²) in [5.41, 5.74) is 7.20. The van der Waals surface area contributed by atoms with Crippen LogP contribution in [-0.4, -0.2) is 4.98 Å².